The van der Waals surface area contributed by atoms with Gasteiger partial charge in [-0.05, 0) is 12.1 Å². The monoisotopic (exact) mass is 335 g/mol. The van der Waals surface area contributed by atoms with Crippen LogP contribution in [0.2, 0.25) is 20.1 Å². The van der Waals surface area contributed by atoms with Crippen molar-refractivity contribution in [3.63, 3.8) is 0 Å². The highest BCUT2D eigenvalue weighted by Gasteiger charge is 2.16. The Morgan fingerprint density at radius 1 is 1.05 bits per heavy atom. The van der Waals surface area contributed by atoms with Gasteiger partial charge in [0.2, 0.25) is 0 Å². The van der Waals surface area contributed by atoms with Crippen LogP contribution in [0.15, 0.2) is 24.4 Å². The van der Waals surface area contributed by atoms with Crippen LogP contribution in [-0.4, -0.2) is 16.1 Å². The Labute approximate surface area is 128 Å². The van der Waals surface area contributed by atoms with Crippen LogP contribution in [0.4, 0.5) is 0 Å². The van der Waals surface area contributed by atoms with Crippen molar-refractivity contribution in [3.05, 3.63) is 50.2 Å². The van der Waals surface area contributed by atoms with Crippen molar-refractivity contribution in [1.82, 2.24) is 4.98 Å². The Morgan fingerprint density at radius 2 is 1.63 bits per heavy atom. The summed E-state index contributed by atoms with van der Waals surface area (Å²) in [4.78, 5) is 14.5. The minimum atomic E-state index is -1.12. The number of nitrogens with zero attached hydrogens (tertiary/aromatic N) is 1. The second-order valence-electron chi connectivity index (χ2n) is 3.58. The molecule has 0 amide bonds. The SMILES string of the molecule is O=C(O)c1ccc(-c2c(Cl)c(Cl)cc(Cl)c2Cl)cn1. The van der Waals surface area contributed by atoms with E-state index in [1.165, 1.54) is 24.4 Å². The summed E-state index contributed by atoms with van der Waals surface area (Å²) in [5.74, 6) is -1.12. The molecule has 0 aliphatic heterocycles. The number of carboxylic acids is 1. The molecule has 0 bridgehead atoms. The Kier molecular flexibility index (Phi) is 4.21. The van der Waals surface area contributed by atoms with Crippen LogP contribution in [0.5, 0.6) is 0 Å². The van der Waals surface area contributed by atoms with Gasteiger partial charge >= 0.3 is 5.97 Å². The van der Waals surface area contributed by atoms with E-state index < -0.39 is 5.97 Å². The van der Waals surface area contributed by atoms with Gasteiger partial charge in [0.05, 0.1) is 20.1 Å². The first-order chi connectivity index (χ1) is 8.91. The lowest BCUT2D eigenvalue weighted by atomic mass is 10.1. The smallest absolute Gasteiger partial charge is 0.354 e. The molecule has 0 saturated carbocycles. The van der Waals surface area contributed by atoms with Crippen molar-refractivity contribution in [3.8, 4) is 11.1 Å². The van der Waals surface area contributed by atoms with E-state index in [0.29, 0.717) is 11.1 Å². The molecule has 0 radical (unpaired) electrons. The fourth-order valence-corrected chi connectivity index (χ4v) is 2.52. The van der Waals surface area contributed by atoms with E-state index in [0.717, 1.165) is 0 Å². The molecule has 3 nitrogen and oxygen atoms in total. The van der Waals surface area contributed by atoms with E-state index >= 15 is 0 Å². The summed E-state index contributed by atoms with van der Waals surface area (Å²) in [5, 5.41) is 9.78. The molecule has 0 unspecified atom stereocenters. The first kappa shape index (κ1) is 14.4. The molecule has 0 aliphatic rings. The normalized spacial score (nSPS) is 10.5. The van der Waals surface area contributed by atoms with Crippen molar-refractivity contribution in [2.45, 2.75) is 0 Å². The lowest BCUT2D eigenvalue weighted by Gasteiger charge is -2.10. The molecule has 1 aromatic carbocycles. The van der Waals surface area contributed by atoms with Crippen molar-refractivity contribution >= 4 is 52.4 Å². The Bertz CT molecular complexity index is 630. The first-order valence-electron chi connectivity index (χ1n) is 4.94. The van der Waals surface area contributed by atoms with Crippen molar-refractivity contribution < 1.29 is 9.90 Å². The highest BCUT2D eigenvalue weighted by molar-refractivity contribution is 6.50. The molecular formula is C12H5Cl4NO2. The van der Waals surface area contributed by atoms with Crippen molar-refractivity contribution in [1.29, 1.82) is 0 Å². The van der Waals surface area contributed by atoms with E-state index in [2.05, 4.69) is 4.98 Å². The number of hydrogen-bond donors (Lipinski definition) is 1. The average Bonchev–Trinajstić information content (AvgIpc) is 2.37. The lowest BCUT2D eigenvalue weighted by molar-refractivity contribution is 0.0690. The fraction of sp³-hybridized carbons (Fsp3) is 0. The fourth-order valence-electron chi connectivity index (χ4n) is 1.49. The molecule has 0 aliphatic carbocycles. The van der Waals surface area contributed by atoms with E-state index in [9.17, 15) is 4.79 Å². The van der Waals surface area contributed by atoms with Gasteiger partial charge in [0.25, 0.3) is 0 Å². The van der Waals surface area contributed by atoms with E-state index in [1.54, 1.807) is 0 Å². The molecule has 1 N–H and O–H groups in total. The molecule has 0 atom stereocenters. The summed E-state index contributed by atoms with van der Waals surface area (Å²) < 4.78 is 0. The Hall–Kier alpha value is -1.00. The predicted molar refractivity (Wildman–Crippen MR) is 76.7 cm³/mol. The van der Waals surface area contributed by atoms with Gasteiger partial charge in [0.15, 0.2) is 0 Å². The molecule has 2 rings (SSSR count). The number of benzene rings is 1. The first-order valence-corrected chi connectivity index (χ1v) is 6.45. The number of aromatic carboxylic acids is 1. The van der Waals surface area contributed by atoms with Crippen LogP contribution in [0.1, 0.15) is 10.5 Å². The molecule has 19 heavy (non-hydrogen) atoms. The van der Waals surface area contributed by atoms with Crippen molar-refractivity contribution in [2.24, 2.45) is 0 Å². The topological polar surface area (TPSA) is 50.2 Å². The summed E-state index contributed by atoms with van der Waals surface area (Å²) in [5.41, 5.74) is 0.874. The zero-order chi connectivity index (χ0) is 14.2. The minimum absolute atomic E-state index is 0.0795. The number of rotatable bonds is 2. The van der Waals surface area contributed by atoms with Gasteiger partial charge in [-0.15, -0.1) is 0 Å². The summed E-state index contributed by atoms with van der Waals surface area (Å²) in [6.07, 6.45) is 1.35. The van der Waals surface area contributed by atoms with Crippen LogP contribution < -0.4 is 0 Å². The number of pyridine rings is 1. The van der Waals surface area contributed by atoms with Gasteiger partial charge in [-0.1, -0.05) is 52.5 Å². The highest BCUT2D eigenvalue weighted by Crippen LogP contribution is 2.42. The molecule has 2 aromatic rings. The second kappa shape index (κ2) is 5.55. The summed E-state index contributed by atoms with van der Waals surface area (Å²) >= 11 is 24.0. The van der Waals surface area contributed by atoms with Crippen LogP contribution >= 0.6 is 46.4 Å². The lowest BCUT2D eigenvalue weighted by Crippen LogP contribution is -1.99. The summed E-state index contributed by atoms with van der Waals surface area (Å²) in [6, 6.07) is 4.33. The molecule has 0 saturated heterocycles. The van der Waals surface area contributed by atoms with Crippen molar-refractivity contribution in [2.75, 3.05) is 0 Å². The molecule has 7 heteroatoms. The standard InChI is InChI=1S/C12H5Cl4NO2/c13-6-3-7(14)11(16)9(10(6)15)5-1-2-8(12(18)19)17-4-5/h1-4H,(H,18,19). The van der Waals surface area contributed by atoms with Crippen LogP contribution in [0, 0.1) is 0 Å². The van der Waals surface area contributed by atoms with Gasteiger partial charge in [0, 0.05) is 17.3 Å². The second-order valence-corrected chi connectivity index (χ2v) is 5.15. The number of hydrogen-bond acceptors (Lipinski definition) is 2. The van der Waals surface area contributed by atoms with Gasteiger partial charge in [-0.3, -0.25) is 0 Å². The summed E-state index contributed by atoms with van der Waals surface area (Å²) in [6.45, 7) is 0. The van der Waals surface area contributed by atoms with Crippen LogP contribution in [0.3, 0.4) is 0 Å². The number of carboxylic acid groups (broad SMARTS) is 1. The van der Waals surface area contributed by atoms with Gasteiger partial charge in [-0.2, -0.15) is 0 Å². The molecule has 1 heterocycles. The molecule has 1 aromatic heterocycles. The number of carbonyl (C=O) groups is 1. The quantitative estimate of drug-likeness (QED) is 0.780. The highest BCUT2D eigenvalue weighted by atomic mass is 35.5. The largest absolute Gasteiger partial charge is 0.477 e. The molecule has 0 fully saturated rings. The zero-order valence-corrected chi connectivity index (χ0v) is 12.1. The maximum absolute atomic E-state index is 10.7. The maximum atomic E-state index is 10.7. The number of halogens is 4. The average molecular weight is 337 g/mol. The third-order valence-corrected chi connectivity index (χ3v) is 3.96. The molecule has 0 spiro atoms. The third-order valence-electron chi connectivity index (χ3n) is 2.38. The van der Waals surface area contributed by atoms with E-state index in [4.69, 9.17) is 51.5 Å². The molecular weight excluding hydrogens is 332 g/mol. The van der Waals surface area contributed by atoms with Crippen LogP contribution in [-0.2, 0) is 0 Å². The summed E-state index contributed by atoms with van der Waals surface area (Å²) in [7, 11) is 0. The third kappa shape index (κ3) is 2.79. The Balaban J connectivity index is 2.62. The van der Waals surface area contributed by atoms with Gasteiger partial charge < -0.3 is 5.11 Å². The number of aromatic nitrogens is 1. The van der Waals surface area contributed by atoms with Crippen LogP contribution in [0.25, 0.3) is 11.1 Å². The Morgan fingerprint density at radius 3 is 2.05 bits per heavy atom. The van der Waals surface area contributed by atoms with E-state index in [-0.39, 0.29) is 25.8 Å². The molecule has 98 valence electrons. The zero-order valence-electron chi connectivity index (χ0n) is 9.12. The maximum Gasteiger partial charge on any atom is 0.354 e. The minimum Gasteiger partial charge on any atom is -0.477 e. The van der Waals surface area contributed by atoms with E-state index in [1.807, 2.05) is 0 Å². The predicted octanol–water partition coefficient (Wildman–Crippen LogP) is 5.06. The van der Waals surface area contributed by atoms with Gasteiger partial charge in [0.1, 0.15) is 5.69 Å². The van der Waals surface area contributed by atoms with Gasteiger partial charge in [-0.25, -0.2) is 9.78 Å².